The predicted octanol–water partition coefficient (Wildman–Crippen LogP) is 17.1. The van der Waals surface area contributed by atoms with E-state index < -0.39 is 29.7 Å². The number of nitrogens with zero attached hydrogens (tertiary/aromatic N) is 3. The molecule has 4 fully saturated rings. The van der Waals surface area contributed by atoms with E-state index in [0.29, 0.717) is 31.7 Å². The fourth-order valence-electron chi connectivity index (χ4n) is 10.5. The predicted molar refractivity (Wildman–Crippen MR) is 329 cm³/mol. The second-order valence-corrected chi connectivity index (χ2v) is 27.4. The van der Waals surface area contributed by atoms with Gasteiger partial charge < -0.3 is 34.2 Å². The van der Waals surface area contributed by atoms with Crippen LogP contribution in [0.4, 0.5) is 31.9 Å². The Labute approximate surface area is 506 Å². The number of amides is 3. The van der Waals surface area contributed by atoms with Crippen LogP contribution >= 0.6 is 28.3 Å². The van der Waals surface area contributed by atoms with Crippen LogP contribution in [0, 0.1) is 0 Å². The average molecular weight is 1240 g/mol. The van der Waals surface area contributed by atoms with E-state index in [9.17, 15) is 36.7 Å². The molecule has 8 rings (SSSR count). The van der Waals surface area contributed by atoms with Crippen LogP contribution in [0.2, 0.25) is 0 Å². The summed E-state index contributed by atoms with van der Waals surface area (Å²) in [5.74, 6) is 0. The largest absolute Gasteiger partial charge is 0.444 e. The number of hydrogen-bond acceptors (Lipinski definition) is 8. The minimum absolute atomic E-state index is 0. The Bertz CT molecular complexity index is 2660. The fraction of sp³-hybridized carbons (Fsp3) is 0.576. The number of halogens is 6. The molecule has 0 aliphatic carbocycles. The van der Waals surface area contributed by atoms with E-state index in [-0.39, 0.29) is 63.5 Å². The van der Waals surface area contributed by atoms with Crippen LogP contribution in [0.5, 0.6) is 0 Å². The van der Waals surface area contributed by atoms with E-state index in [1.54, 1.807) is 34.1 Å². The third kappa shape index (κ3) is 21.4. The number of alkyl halides is 4. The van der Waals surface area contributed by atoms with Crippen LogP contribution in [-0.2, 0) is 35.9 Å². The van der Waals surface area contributed by atoms with Crippen molar-refractivity contribution in [1.82, 2.24) is 20.0 Å². The van der Waals surface area contributed by atoms with Crippen molar-refractivity contribution in [2.24, 2.45) is 0 Å². The topological polar surface area (TPSA) is 118 Å². The Morgan fingerprint density at radius 1 is 0.458 bits per heavy atom. The Hall–Kier alpha value is -5.19. The number of benzene rings is 4. The number of nitrogens with one attached hydrogen (secondary N) is 1. The maximum atomic E-state index is 12.7. The third-order valence-electron chi connectivity index (χ3n) is 16.3. The Morgan fingerprint density at radius 2 is 0.699 bits per heavy atom. The van der Waals surface area contributed by atoms with Crippen molar-refractivity contribution < 1.29 is 51.0 Å². The number of piperidine rings is 4. The molecule has 17 heteroatoms. The van der Waals surface area contributed by atoms with E-state index in [0.717, 1.165) is 93.9 Å². The number of likely N-dealkylation sites (tertiary alicyclic amines) is 3. The average Bonchev–Trinajstić information content (AvgIpc) is 3.46. The van der Waals surface area contributed by atoms with Gasteiger partial charge in [-0.3, -0.25) is 4.79 Å². The molecule has 1 N–H and O–H groups in total. The highest BCUT2D eigenvalue weighted by Gasteiger charge is 2.38. The van der Waals surface area contributed by atoms with Gasteiger partial charge in [-0.1, -0.05) is 129 Å². The summed E-state index contributed by atoms with van der Waals surface area (Å²) in [6.07, 6.45) is 2.79. The van der Waals surface area contributed by atoms with Crippen LogP contribution in [0.15, 0.2) is 102 Å². The van der Waals surface area contributed by atoms with Crippen LogP contribution < -0.4 is 5.32 Å². The molecule has 0 radical (unpaired) electrons. The van der Waals surface area contributed by atoms with Crippen LogP contribution in [0.1, 0.15) is 198 Å². The van der Waals surface area contributed by atoms with E-state index in [4.69, 9.17) is 14.2 Å². The number of ether oxygens (including phenoxy) is 3. The summed E-state index contributed by atoms with van der Waals surface area (Å²) in [7, 11) is 0. The highest BCUT2D eigenvalue weighted by atomic mass is 79.9. The molecule has 0 atom stereocenters. The fourth-order valence-corrected chi connectivity index (χ4v) is 10.8. The summed E-state index contributed by atoms with van der Waals surface area (Å²) >= 11 is 3.47. The van der Waals surface area contributed by atoms with E-state index in [1.165, 1.54) is 28.8 Å². The van der Waals surface area contributed by atoms with E-state index >= 15 is 0 Å². The van der Waals surface area contributed by atoms with Crippen LogP contribution in [-0.4, -0.2) is 108 Å². The molecule has 4 aliphatic heterocycles. The van der Waals surface area contributed by atoms with Gasteiger partial charge in [0.2, 0.25) is 0 Å². The van der Waals surface area contributed by atoms with Crippen molar-refractivity contribution in [2.45, 2.75) is 193 Å². The van der Waals surface area contributed by atoms with Gasteiger partial charge in [0.1, 0.15) is 23.1 Å². The highest BCUT2D eigenvalue weighted by molar-refractivity contribution is 9.10. The summed E-state index contributed by atoms with van der Waals surface area (Å²) in [5.41, 5.74) is 4.49. The Morgan fingerprint density at radius 3 is 0.940 bits per heavy atom. The van der Waals surface area contributed by atoms with Crippen LogP contribution in [0.25, 0.3) is 0 Å². The second kappa shape index (κ2) is 29.8. The van der Waals surface area contributed by atoms with E-state index in [2.05, 4.69) is 73.2 Å². The Balaban J connectivity index is 0.000000238. The number of hydrogen-bond donors (Lipinski definition) is 1. The molecular formula is C66H92BrClF4N4O7. The quantitative estimate of drug-likeness (QED) is 0.110. The van der Waals surface area contributed by atoms with Gasteiger partial charge in [-0.2, -0.15) is 0 Å². The van der Waals surface area contributed by atoms with Gasteiger partial charge in [-0.05, 0) is 183 Å². The minimum atomic E-state index is -2.44. The van der Waals surface area contributed by atoms with Crippen molar-refractivity contribution in [3.8, 4) is 0 Å². The number of carbonyl (C=O) groups excluding carboxylic acids is 4. The number of carbonyl (C=O) groups is 4. The summed E-state index contributed by atoms with van der Waals surface area (Å²) in [6, 6.07) is 29.6. The normalized spacial score (nSPS) is 18.3. The zero-order chi connectivity index (χ0) is 60.9. The molecule has 0 bridgehead atoms. The number of rotatable bonds is 7. The minimum Gasteiger partial charge on any atom is -0.444 e. The van der Waals surface area contributed by atoms with Crippen molar-refractivity contribution in [2.75, 3.05) is 52.4 Å². The number of aldehydes is 1. The lowest BCUT2D eigenvalue weighted by atomic mass is 9.74. The SMILES string of the molecule is CC(C)(C)OC(=O)N1CCC(C)(c2ccc(Br)cc2)CC1.CC(C)(C)OC(=O)N1CCC(C)(c2ccc(C(F)F)cc2)CC1.CC(C)(C)OC(=O)N1CCC(C)(c2ccc(C=O)cc2)CC1.CC1(c2ccc(C(F)F)cc2)CCNCC1.Cl. The lowest BCUT2D eigenvalue weighted by Gasteiger charge is -2.40. The summed E-state index contributed by atoms with van der Waals surface area (Å²) in [4.78, 5) is 52.4. The first-order valence-corrected chi connectivity index (χ1v) is 29.7. The van der Waals surface area contributed by atoms with Gasteiger partial charge in [0, 0.05) is 60.4 Å². The first-order chi connectivity index (χ1) is 38.2. The highest BCUT2D eigenvalue weighted by Crippen LogP contribution is 2.39. The second-order valence-electron chi connectivity index (χ2n) is 26.5. The summed E-state index contributed by atoms with van der Waals surface area (Å²) in [6.45, 7) is 31.9. The zero-order valence-electron chi connectivity index (χ0n) is 51.3. The summed E-state index contributed by atoms with van der Waals surface area (Å²) in [5, 5.41) is 3.32. The van der Waals surface area contributed by atoms with Crippen molar-refractivity contribution in [1.29, 1.82) is 0 Å². The molecular weight excluding hydrogens is 1150 g/mol. The molecule has 4 aliphatic rings. The molecule has 4 saturated heterocycles. The zero-order valence-corrected chi connectivity index (χ0v) is 53.7. The van der Waals surface area contributed by atoms with Gasteiger partial charge in [-0.15, -0.1) is 12.4 Å². The summed E-state index contributed by atoms with van der Waals surface area (Å²) < 4.78 is 67.5. The molecule has 0 saturated carbocycles. The molecule has 11 nitrogen and oxygen atoms in total. The molecule has 460 valence electrons. The Kier molecular flexibility index (Phi) is 25.2. The molecule has 4 heterocycles. The first kappa shape index (κ1) is 70.3. The maximum absolute atomic E-state index is 12.7. The molecule has 83 heavy (non-hydrogen) atoms. The molecule has 0 aromatic heterocycles. The van der Waals surface area contributed by atoms with Crippen LogP contribution in [0.3, 0.4) is 0 Å². The lowest BCUT2D eigenvalue weighted by molar-refractivity contribution is 0.0161. The van der Waals surface area contributed by atoms with Gasteiger partial charge in [0.25, 0.3) is 12.9 Å². The van der Waals surface area contributed by atoms with Gasteiger partial charge in [0.15, 0.2) is 0 Å². The first-order valence-electron chi connectivity index (χ1n) is 28.9. The molecule has 4 aromatic carbocycles. The van der Waals surface area contributed by atoms with Crippen molar-refractivity contribution in [3.05, 3.63) is 140 Å². The smallest absolute Gasteiger partial charge is 0.410 e. The molecule has 0 unspecified atom stereocenters. The maximum Gasteiger partial charge on any atom is 0.410 e. The van der Waals surface area contributed by atoms with Gasteiger partial charge >= 0.3 is 18.3 Å². The van der Waals surface area contributed by atoms with Crippen molar-refractivity contribution >= 4 is 52.9 Å². The van der Waals surface area contributed by atoms with Gasteiger partial charge in [-0.25, -0.2) is 31.9 Å². The molecule has 0 spiro atoms. The monoisotopic (exact) mass is 1240 g/mol. The van der Waals surface area contributed by atoms with Gasteiger partial charge in [0.05, 0.1) is 0 Å². The third-order valence-corrected chi connectivity index (χ3v) is 16.8. The van der Waals surface area contributed by atoms with Crippen molar-refractivity contribution in [3.63, 3.8) is 0 Å². The standard InChI is InChI=1S/C18H25F2NO2.C18H25NO3.C17H24BrNO2.C13H17F2N.ClH/c1-17(2,3)23-16(22)21-11-9-18(4,10-12-21)14-7-5-13(6-8-14)15(19)20;1-17(2,3)22-16(21)19-11-9-18(4,10-12-19)15-7-5-14(13-20)6-8-15;1-16(2,3)21-15(20)19-11-9-17(4,10-12-19)13-5-7-14(18)8-6-13;1-13(6-8-16-9-7-13)11-4-2-10(3-5-11)12(14)15;/h5-8,15H,9-12H2,1-4H3;5-8,13H,9-12H2,1-4H3;5-8H,9-12H2,1-4H3;2-5,12,16H,6-9H2,1H3;1H. The molecule has 4 aromatic rings. The lowest BCUT2D eigenvalue weighted by Crippen LogP contribution is -2.45. The van der Waals surface area contributed by atoms with E-state index in [1.807, 2.05) is 104 Å². The molecule has 3 amide bonds.